The summed E-state index contributed by atoms with van der Waals surface area (Å²) >= 11 is 0. The third kappa shape index (κ3) is 3.97. The number of hydrogen-bond donors (Lipinski definition) is 1. The van der Waals surface area contributed by atoms with Gasteiger partial charge in [0, 0.05) is 31.4 Å². The molecule has 1 N–H and O–H groups in total. The van der Waals surface area contributed by atoms with Gasteiger partial charge in [-0.1, -0.05) is 25.8 Å². The van der Waals surface area contributed by atoms with Crippen LogP contribution in [0.3, 0.4) is 0 Å². The minimum absolute atomic E-state index is 0.765. The van der Waals surface area contributed by atoms with Gasteiger partial charge in [-0.3, -0.25) is 0 Å². The van der Waals surface area contributed by atoms with Gasteiger partial charge in [-0.05, 0) is 50.2 Å². The summed E-state index contributed by atoms with van der Waals surface area (Å²) in [6, 6.07) is 5.25. The molecule has 116 valence electrons. The van der Waals surface area contributed by atoms with Gasteiger partial charge < -0.3 is 10.2 Å². The Morgan fingerprint density at radius 1 is 1.19 bits per heavy atom. The van der Waals surface area contributed by atoms with E-state index in [2.05, 4.69) is 36.2 Å². The molecule has 3 heteroatoms. The fourth-order valence-electron chi connectivity index (χ4n) is 3.34. The first-order valence-corrected chi connectivity index (χ1v) is 8.71. The summed E-state index contributed by atoms with van der Waals surface area (Å²) in [5.74, 6) is 2.12. The molecule has 2 fully saturated rings. The molecule has 3 nitrogen and oxygen atoms in total. The van der Waals surface area contributed by atoms with Gasteiger partial charge in [-0.15, -0.1) is 0 Å². The van der Waals surface area contributed by atoms with Crippen LogP contribution in [0.1, 0.15) is 56.7 Å². The quantitative estimate of drug-likeness (QED) is 0.865. The van der Waals surface area contributed by atoms with Crippen molar-refractivity contribution in [1.29, 1.82) is 0 Å². The average molecular weight is 287 g/mol. The van der Waals surface area contributed by atoms with E-state index in [1.807, 2.05) is 0 Å². The minimum Gasteiger partial charge on any atom is -0.357 e. The minimum atomic E-state index is 0.765. The van der Waals surface area contributed by atoms with Gasteiger partial charge in [-0.2, -0.15) is 0 Å². The van der Waals surface area contributed by atoms with Gasteiger partial charge >= 0.3 is 0 Å². The second-order valence-corrected chi connectivity index (χ2v) is 6.79. The van der Waals surface area contributed by atoms with E-state index in [-0.39, 0.29) is 0 Å². The first kappa shape index (κ1) is 14.8. The normalized spacial score (nSPS) is 20.0. The molecule has 3 rings (SSSR count). The molecule has 2 aliphatic rings. The predicted octanol–water partition coefficient (Wildman–Crippen LogP) is 3.66. The molecule has 0 unspecified atom stereocenters. The first-order valence-electron chi connectivity index (χ1n) is 8.71. The van der Waals surface area contributed by atoms with Gasteiger partial charge in [0.15, 0.2) is 0 Å². The van der Waals surface area contributed by atoms with Crippen molar-refractivity contribution in [3.63, 3.8) is 0 Å². The molecular formula is C18H29N3. The predicted molar refractivity (Wildman–Crippen MR) is 88.7 cm³/mol. The smallest absolute Gasteiger partial charge is 0.128 e. The number of rotatable bonds is 6. The lowest BCUT2D eigenvalue weighted by atomic mass is 9.92. The number of aromatic nitrogens is 1. The lowest BCUT2D eigenvalue weighted by Gasteiger charge is -2.33. The standard InChI is InChI=1S/C18H29N3/c1-3-4-15-9-11-21(12-10-15)18-8-5-16(14(2)20-18)13-19-17-6-7-17/h5,8,15,17,19H,3-4,6-7,9-13H2,1-2H3. The van der Waals surface area contributed by atoms with Crippen molar-refractivity contribution in [2.75, 3.05) is 18.0 Å². The van der Waals surface area contributed by atoms with Gasteiger partial charge in [0.05, 0.1) is 0 Å². The Kier molecular flexibility index (Phi) is 4.79. The van der Waals surface area contributed by atoms with E-state index in [1.165, 1.54) is 68.7 Å². The lowest BCUT2D eigenvalue weighted by Crippen LogP contribution is -2.34. The van der Waals surface area contributed by atoms with Crippen LogP contribution in [0, 0.1) is 12.8 Å². The van der Waals surface area contributed by atoms with Crippen molar-refractivity contribution in [3.8, 4) is 0 Å². The van der Waals surface area contributed by atoms with Crippen LogP contribution in [0.25, 0.3) is 0 Å². The molecule has 1 aromatic rings. The third-order valence-corrected chi connectivity index (χ3v) is 4.97. The Morgan fingerprint density at radius 3 is 2.57 bits per heavy atom. The van der Waals surface area contributed by atoms with Crippen LogP contribution in [-0.4, -0.2) is 24.1 Å². The highest BCUT2D eigenvalue weighted by Crippen LogP contribution is 2.26. The molecule has 0 bridgehead atoms. The Bertz CT molecular complexity index is 460. The molecule has 1 saturated carbocycles. The van der Waals surface area contributed by atoms with E-state index >= 15 is 0 Å². The number of anilines is 1. The molecule has 1 aliphatic heterocycles. The average Bonchev–Trinajstić information content (AvgIpc) is 3.31. The maximum absolute atomic E-state index is 4.85. The van der Waals surface area contributed by atoms with Gasteiger partial charge in [0.2, 0.25) is 0 Å². The van der Waals surface area contributed by atoms with Crippen LogP contribution in [0.5, 0.6) is 0 Å². The summed E-state index contributed by atoms with van der Waals surface area (Å²) in [5, 5.41) is 3.58. The van der Waals surface area contributed by atoms with Gasteiger partial charge in [0.1, 0.15) is 5.82 Å². The maximum atomic E-state index is 4.85. The molecule has 0 aromatic carbocycles. The topological polar surface area (TPSA) is 28.2 Å². The second kappa shape index (κ2) is 6.78. The number of nitrogens with one attached hydrogen (secondary N) is 1. The van der Waals surface area contributed by atoms with E-state index in [4.69, 9.17) is 4.98 Å². The third-order valence-electron chi connectivity index (χ3n) is 4.97. The SMILES string of the molecule is CCCC1CCN(c2ccc(CNC3CC3)c(C)n2)CC1. The van der Waals surface area contributed by atoms with Crippen LogP contribution < -0.4 is 10.2 Å². The van der Waals surface area contributed by atoms with Gasteiger partial charge in [-0.25, -0.2) is 4.98 Å². The largest absolute Gasteiger partial charge is 0.357 e. The molecule has 21 heavy (non-hydrogen) atoms. The molecule has 2 heterocycles. The summed E-state index contributed by atoms with van der Waals surface area (Å²) in [4.78, 5) is 7.32. The van der Waals surface area contributed by atoms with Crippen molar-refractivity contribution in [2.45, 2.75) is 65.0 Å². The maximum Gasteiger partial charge on any atom is 0.128 e. The van der Waals surface area contributed by atoms with Crippen LogP contribution in [0.15, 0.2) is 12.1 Å². The molecular weight excluding hydrogens is 258 g/mol. The Morgan fingerprint density at radius 2 is 1.95 bits per heavy atom. The highest BCUT2D eigenvalue weighted by molar-refractivity contribution is 5.42. The monoisotopic (exact) mass is 287 g/mol. The van der Waals surface area contributed by atoms with E-state index in [9.17, 15) is 0 Å². The van der Waals surface area contributed by atoms with Crippen molar-refractivity contribution >= 4 is 5.82 Å². The summed E-state index contributed by atoms with van der Waals surface area (Å²) in [6.45, 7) is 7.78. The zero-order valence-corrected chi connectivity index (χ0v) is 13.6. The number of aryl methyl sites for hydroxylation is 1. The highest BCUT2D eigenvalue weighted by Gasteiger charge is 2.21. The van der Waals surface area contributed by atoms with Crippen LogP contribution in [0.4, 0.5) is 5.82 Å². The summed E-state index contributed by atoms with van der Waals surface area (Å²) in [5.41, 5.74) is 2.54. The fourth-order valence-corrected chi connectivity index (χ4v) is 3.34. The van der Waals surface area contributed by atoms with Crippen LogP contribution in [0.2, 0.25) is 0 Å². The first-order chi connectivity index (χ1) is 10.3. The Hall–Kier alpha value is -1.09. The fraction of sp³-hybridized carbons (Fsp3) is 0.722. The summed E-state index contributed by atoms with van der Waals surface area (Å²) < 4.78 is 0. The zero-order valence-electron chi connectivity index (χ0n) is 13.6. The number of pyridine rings is 1. The number of nitrogens with zero attached hydrogens (tertiary/aromatic N) is 2. The molecule has 1 aliphatic carbocycles. The highest BCUT2D eigenvalue weighted by atomic mass is 15.2. The summed E-state index contributed by atoms with van der Waals surface area (Å²) in [7, 11) is 0. The molecule has 0 spiro atoms. The molecule has 0 radical (unpaired) electrons. The number of hydrogen-bond acceptors (Lipinski definition) is 3. The molecule has 0 amide bonds. The number of piperidine rings is 1. The Balaban J connectivity index is 1.57. The lowest BCUT2D eigenvalue weighted by molar-refractivity contribution is 0.377. The van der Waals surface area contributed by atoms with E-state index in [1.54, 1.807) is 0 Å². The van der Waals surface area contributed by atoms with E-state index in [0.29, 0.717) is 0 Å². The Labute approximate surface area is 129 Å². The molecule has 0 atom stereocenters. The molecule has 1 saturated heterocycles. The van der Waals surface area contributed by atoms with Crippen molar-refractivity contribution in [3.05, 3.63) is 23.4 Å². The van der Waals surface area contributed by atoms with Crippen molar-refractivity contribution in [1.82, 2.24) is 10.3 Å². The van der Waals surface area contributed by atoms with Crippen LogP contribution >= 0.6 is 0 Å². The molecule has 1 aromatic heterocycles. The van der Waals surface area contributed by atoms with E-state index in [0.717, 1.165) is 18.5 Å². The van der Waals surface area contributed by atoms with Crippen molar-refractivity contribution in [2.24, 2.45) is 5.92 Å². The second-order valence-electron chi connectivity index (χ2n) is 6.79. The van der Waals surface area contributed by atoms with Crippen molar-refractivity contribution < 1.29 is 0 Å². The van der Waals surface area contributed by atoms with E-state index < -0.39 is 0 Å². The zero-order chi connectivity index (χ0) is 14.7. The van der Waals surface area contributed by atoms with Crippen LogP contribution in [-0.2, 0) is 6.54 Å². The van der Waals surface area contributed by atoms with Gasteiger partial charge in [0.25, 0.3) is 0 Å². The summed E-state index contributed by atoms with van der Waals surface area (Å²) in [6.07, 6.45) is 8.07.